The van der Waals surface area contributed by atoms with E-state index in [0.717, 1.165) is 18.0 Å². The van der Waals surface area contributed by atoms with Crippen LogP contribution in [0, 0.1) is 0 Å². The zero-order valence-corrected chi connectivity index (χ0v) is 10.0. The fourth-order valence-electron chi connectivity index (χ4n) is 0.943. The van der Waals surface area contributed by atoms with Crippen molar-refractivity contribution in [3.63, 3.8) is 0 Å². The quantitative estimate of drug-likeness (QED) is 0.758. The lowest BCUT2D eigenvalue weighted by Crippen LogP contribution is -2.15. The van der Waals surface area contributed by atoms with Crippen LogP contribution in [0.4, 0.5) is 0 Å². The molecule has 1 aromatic carbocycles. The number of hydrogen-bond acceptors (Lipinski definition) is 3. The number of methoxy groups -OCH3 is 1. The summed E-state index contributed by atoms with van der Waals surface area (Å²) in [6.45, 7) is 5.54. The van der Waals surface area contributed by atoms with Crippen molar-refractivity contribution in [2.75, 3.05) is 27.3 Å². The van der Waals surface area contributed by atoms with Gasteiger partial charge < -0.3 is 14.8 Å². The number of hydrogen-bond donors (Lipinski definition) is 1. The first-order valence-electron chi connectivity index (χ1n) is 5.28. The molecular weight excluding hydrogens is 190 g/mol. The highest BCUT2D eigenvalue weighted by molar-refractivity contribution is 5.31. The standard InChI is InChI=1S/C10H15NO2.C2H6/c1-11-7-8-13-10-5-3-9(12-2)4-6-10;1-2/h3-6,11H,7-8H2,1-2H3;1-2H3. The Hall–Kier alpha value is -1.22. The van der Waals surface area contributed by atoms with Crippen LogP contribution in [-0.2, 0) is 0 Å². The highest BCUT2D eigenvalue weighted by Crippen LogP contribution is 2.16. The van der Waals surface area contributed by atoms with Gasteiger partial charge in [0.05, 0.1) is 7.11 Å². The predicted molar refractivity (Wildman–Crippen MR) is 63.8 cm³/mol. The molecule has 3 heteroatoms. The van der Waals surface area contributed by atoms with E-state index in [0.29, 0.717) is 6.61 Å². The average Bonchev–Trinajstić information content (AvgIpc) is 2.33. The van der Waals surface area contributed by atoms with Crippen molar-refractivity contribution in [2.24, 2.45) is 0 Å². The van der Waals surface area contributed by atoms with Gasteiger partial charge in [0.15, 0.2) is 0 Å². The summed E-state index contributed by atoms with van der Waals surface area (Å²) in [7, 11) is 3.55. The number of benzene rings is 1. The molecule has 0 aliphatic heterocycles. The first-order valence-corrected chi connectivity index (χ1v) is 5.28. The Labute approximate surface area is 92.4 Å². The summed E-state index contributed by atoms with van der Waals surface area (Å²) in [6, 6.07) is 7.56. The van der Waals surface area contributed by atoms with Crippen LogP contribution in [0.5, 0.6) is 11.5 Å². The molecule has 1 rings (SSSR count). The lowest BCUT2D eigenvalue weighted by Gasteiger charge is -2.05. The van der Waals surface area contributed by atoms with Crippen molar-refractivity contribution < 1.29 is 9.47 Å². The lowest BCUT2D eigenvalue weighted by molar-refractivity contribution is 0.317. The zero-order valence-electron chi connectivity index (χ0n) is 10.0. The van der Waals surface area contributed by atoms with Gasteiger partial charge in [0.2, 0.25) is 0 Å². The van der Waals surface area contributed by atoms with Crippen molar-refractivity contribution in [1.82, 2.24) is 5.32 Å². The topological polar surface area (TPSA) is 30.5 Å². The van der Waals surface area contributed by atoms with E-state index in [1.807, 2.05) is 45.2 Å². The third kappa shape index (κ3) is 5.96. The maximum absolute atomic E-state index is 5.43. The summed E-state index contributed by atoms with van der Waals surface area (Å²) >= 11 is 0. The van der Waals surface area contributed by atoms with Gasteiger partial charge in [-0.3, -0.25) is 0 Å². The molecule has 3 nitrogen and oxygen atoms in total. The first-order chi connectivity index (χ1) is 7.36. The van der Waals surface area contributed by atoms with Crippen LogP contribution in [0.2, 0.25) is 0 Å². The molecule has 0 aromatic heterocycles. The fourth-order valence-corrected chi connectivity index (χ4v) is 0.943. The van der Waals surface area contributed by atoms with E-state index in [-0.39, 0.29) is 0 Å². The van der Waals surface area contributed by atoms with Crippen LogP contribution in [-0.4, -0.2) is 27.3 Å². The molecule has 86 valence electrons. The van der Waals surface area contributed by atoms with E-state index >= 15 is 0 Å². The van der Waals surface area contributed by atoms with Crippen LogP contribution in [0.3, 0.4) is 0 Å². The second-order valence-electron chi connectivity index (χ2n) is 2.63. The van der Waals surface area contributed by atoms with Crippen LogP contribution < -0.4 is 14.8 Å². The number of likely N-dealkylation sites (N-methyl/N-ethyl adjacent to an activating group) is 1. The van der Waals surface area contributed by atoms with Crippen molar-refractivity contribution in [3.8, 4) is 11.5 Å². The molecule has 0 atom stereocenters. The zero-order chi connectivity index (χ0) is 11.5. The average molecular weight is 211 g/mol. The Morgan fingerprint density at radius 2 is 1.60 bits per heavy atom. The van der Waals surface area contributed by atoms with Gasteiger partial charge in [-0.1, -0.05) is 13.8 Å². The fraction of sp³-hybridized carbons (Fsp3) is 0.500. The highest BCUT2D eigenvalue weighted by Gasteiger charge is 1.93. The third-order valence-corrected chi connectivity index (χ3v) is 1.68. The number of ether oxygens (including phenoxy) is 2. The van der Waals surface area contributed by atoms with Gasteiger partial charge in [-0.05, 0) is 31.3 Å². The minimum absolute atomic E-state index is 0.683. The summed E-state index contributed by atoms with van der Waals surface area (Å²) in [6.07, 6.45) is 0. The van der Waals surface area contributed by atoms with Gasteiger partial charge in [-0.15, -0.1) is 0 Å². The van der Waals surface area contributed by atoms with E-state index in [9.17, 15) is 0 Å². The Bertz CT molecular complexity index is 234. The monoisotopic (exact) mass is 211 g/mol. The summed E-state index contributed by atoms with van der Waals surface area (Å²) in [5.74, 6) is 1.72. The molecule has 1 N–H and O–H groups in total. The molecule has 0 radical (unpaired) electrons. The number of rotatable bonds is 5. The van der Waals surface area contributed by atoms with Crippen LogP contribution in [0.15, 0.2) is 24.3 Å². The molecular formula is C12H21NO2. The smallest absolute Gasteiger partial charge is 0.119 e. The maximum Gasteiger partial charge on any atom is 0.119 e. The van der Waals surface area contributed by atoms with Crippen LogP contribution >= 0.6 is 0 Å². The first kappa shape index (κ1) is 13.8. The Balaban J connectivity index is 0.000000921. The van der Waals surface area contributed by atoms with Crippen molar-refractivity contribution in [1.29, 1.82) is 0 Å². The molecule has 0 saturated carbocycles. The highest BCUT2D eigenvalue weighted by atomic mass is 16.5. The SMILES string of the molecule is CC.CNCCOc1ccc(OC)cc1. The van der Waals surface area contributed by atoms with E-state index in [2.05, 4.69) is 5.32 Å². The maximum atomic E-state index is 5.43. The van der Waals surface area contributed by atoms with Crippen molar-refractivity contribution in [3.05, 3.63) is 24.3 Å². The summed E-state index contributed by atoms with van der Waals surface area (Å²) < 4.78 is 10.5. The van der Waals surface area contributed by atoms with E-state index in [1.165, 1.54) is 0 Å². The van der Waals surface area contributed by atoms with Crippen molar-refractivity contribution >= 4 is 0 Å². The minimum atomic E-state index is 0.683. The number of nitrogens with one attached hydrogen (secondary N) is 1. The van der Waals surface area contributed by atoms with E-state index in [1.54, 1.807) is 7.11 Å². The normalized spacial score (nSPS) is 8.80. The summed E-state index contributed by atoms with van der Waals surface area (Å²) in [5.41, 5.74) is 0. The predicted octanol–water partition coefficient (Wildman–Crippen LogP) is 2.32. The molecule has 0 bridgehead atoms. The van der Waals surface area contributed by atoms with E-state index in [4.69, 9.17) is 9.47 Å². The van der Waals surface area contributed by atoms with Gasteiger partial charge >= 0.3 is 0 Å². The molecule has 0 amide bonds. The van der Waals surface area contributed by atoms with Gasteiger partial charge in [-0.2, -0.15) is 0 Å². The molecule has 1 aromatic rings. The molecule has 15 heavy (non-hydrogen) atoms. The molecule has 0 unspecified atom stereocenters. The van der Waals surface area contributed by atoms with Crippen LogP contribution in [0.1, 0.15) is 13.8 Å². The summed E-state index contributed by atoms with van der Waals surface area (Å²) in [4.78, 5) is 0. The Morgan fingerprint density at radius 1 is 1.07 bits per heavy atom. The Morgan fingerprint density at radius 3 is 2.07 bits per heavy atom. The minimum Gasteiger partial charge on any atom is -0.497 e. The summed E-state index contributed by atoms with van der Waals surface area (Å²) in [5, 5.41) is 3.01. The van der Waals surface area contributed by atoms with Gasteiger partial charge in [0, 0.05) is 6.54 Å². The second kappa shape index (κ2) is 9.34. The molecule has 0 saturated heterocycles. The molecule has 0 aliphatic rings. The molecule has 0 aliphatic carbocycles. The van der Waals surface area contributed by atoms with Crippen molar-refractivity contribution in [2.45, 2.75) is 13.8 Å². The molecule has 0 heterocycles. The third-order valence-electron chi connectivity index (χ3n) is 1.68. The Kier molecular flexibility index (Phi) is 8.58. The molecule has 0 spiro atoms. The van der Waals surface area contributed by atoms with Gasteiger partial charge in [0.25, 0.3) is 0 Å². The van der Waals surface area contributed by atoms with Gasteiger partial charge in [0.1, 0.15) is 18.1 Å². The van der Waals surface area contributed by atoms with Gasteiger partial charge in [-0.25, -0.2) is 0 Å². The second-order valence-corrected chi connectivity index (χ2v) is 2.63. The molecule has 0 fully saturated rings. The lowest BCUT2D eigenvalue weighted by atomic mass is 10.3. The largest absolute Gasteiger partial charge is 0.497 e. The van der Waals surface area contributed by atoms with E-state index < -0.39 is 0 Å². The van der Waals surface area contributed by atoms with Crippen LogP contribution in [0.25, 0.3) is 0 Å².